The largest absolute Gasteiger partial charge is 0.376 e. The number of amides is 1. The zero-order chi connectivity index (χ0) is 15.2. The first kappa shape index (κ1) is 16.0. The lowest BCUT2D eigenvalue weighted by Gasteiger charge is -2.25. The Kier molecular flexibility index (Phi) is 5.76. The van der Waals surface area contributed by atoms with E-state index in [2.05, 4.69) is 48.3 Å². The van der Waals surface area contributed by atoms with Crippen LogP contribution in [0.25, 0.3) is 0 Å². The van der Waals surface area contributed by atoms with Crippen LogP contribution in [0.5, 0.6) is 0 Å². The van der Waals surface area contributed by atoms with Gasteiger partial charge in [0.25, 0.3) is 0 Å². The van der Waals surface area contributed by atoms with Crippen LogP contribution in [0, 0.1) is 6.92 Å². The predicted octanol–water partition coefficient (Wildman–Crippen LogP) is 2.28. The topological polar surface area (TPSA) is 41.6 Å². The Hall–Kier alpha value is -1.39. The fourth-order valence-electron chi connectivity index (χ4n) is 2.55. The van der Waals surface area contributed by atoms with Gasteiger partial charge in [0.15, 0.2) is 0 Å². The van der Waals surface area contributed by atoms with Gasteiger partial charge in [0.1, 0.15) is 0 Å². The van der Waals surface area contributed by atoms with Gasteiger partial charge in [0, 0.05) is 19.2 Å². The lowest BCUT2D eigenvalue weighted by Crippen LogP contribution is -2.39. The Balaban J connectivity index is 1.77. The van der Waals surface area contributed by atoms with Crippen LogP contribution in [0.4, 0.5) is 0 Å². The van der Waals surface area contributed by atoms with Crippen molar-refractivity contribution in [2.24, 2.45) is 0 Å². The summed E-state index contributed by atoms with van der Waals surface area (Å²) in [6.07, 6.45) is 2.36. The van der Waals surface area contributed by atoms with Crippen LogP contribution >= 0.6 is 0 Å². The fraction of sp³-hybridized carbons (Fsp3) is 0.588. The summed E-state index contributed by atoms with van der Waals surface area (Å²) in [5.74, 6) is 0.0620. The molecule has 21 heavy (non-hydrogen) atoms. The Bertz CT molecular complexity index is 452. The second-order valence-electron chi connectivity index (χ2n) is 5.94. The van der Waals surface area contributed by atoms with Crippen molar-refractivity contribution in [1.82, 2.24) is 10.2 Å². The summed E-state index contributed by atoms with van der Waals surface area (Å²) >= 11 is 0. The number of rotatable bonds is 6. The minimum Gasteiger partial charge on any atom is -0.376 e. The molecular weight excluding hydrogens is 264 g/mol. The standard InChI is InChI=1S/C17H26N2O2/c1-13-6-8-15(9-7-13)14(2)19(3)12-17(20)18-11-16-5-4-10-21-16/h6-9,14,16H,4-5,10-12H2,1-3H3,(H,18,20)/t14-,16+/m1/s1. The first-order valence-corrected chi connectivity index (χ1v) is 7.71. The van der Waals surface area contributed by atoms with Crippen molar-refractivity contribution in [2.45, 2.75) is 38.8 Å². The van der Waals surface area contributed by atoms with Gasteiger partial charge < -0.3 is 10.1 Å². The van der Waals surface area contributed by atoms with Crippen molar-refractivity contribution in [2.75, 3.05) is 26.7 Å². The van der Waals surface area contributed by atoms with Gasteiger partial charge in [-0.3, -0.25) is 9.69 Å². The van der Waals surface area contributed by atoms with Gasteiger partial charge in [0.2, 0.25) is 5.91 Å². The van der Waals surface area contributed by atoms with Crippen molar-refractivity contribution < 1.29 is 9.53 Å². The molecule has 1 aromatic rings. The van der Waals surface area contributed by atoms with Crippen molar-refractivity contribution >= 4 is 5.91 Å². The Labute approximate surface area is 127 Å². The van der Waals surface area contributed by atoms with Gasteiger partial charge in [-0.2, -0.15) is 0 Å². The average Bonchev–Trinajstić information content (AvgIpc) is 2.98. The summed E-state index contributed by atoms with van der Waals surface area (Å²) in [4.78, 5) is 14.1. The third-order valence-corrected chi connectivity index (χ3v) is 4.16. The third kappa shape index (κ3) is 4.83. The second kappa shape index (κ2) is 7.57. The zero-order valence-electron chi connectivity index (χ0n) is 13.3. The lowest BCUT2D eigenvalue weighted by molar-refractivity contribution is -0.122. The molecule has 0 bridgehead atoms. The molecule has 4 heteroatoms. The highest BCUT2D eigenvalue weighted by atomic mass is 16.5. The van der Waals surface area contributed by atoms with E-state index in [0.717, 1.165) is 19.4 Å². The summed E-state index contributed by atoms with van der Waals surface area (Å²) in [5, 5.41) is 2.97. The van der Waals surface area contributed by atoms with Crippen LogP contribution in [-0.2, 0) is 9.53 Å². The number of hydrogen-bond donors (Lipinski definition) is 1. The molecule has 1 N–H and O–H groups in total. The van der Waals surface area contributed by atoms with E-state index in [1.54, 1.807) is 0 Å². The zero-order valence-corrected chi connectivity index (χ0v) is 13.3. The van der Waals surface area contributed by atoms with E-state index in [4.69, 9.17) is 4.74 Å². The van der Waals surface area contributed by atoms with Gasteiger partial charge >= 0.3 is 0 Å². The lowest BCUT2D eigenvalue weighted by atomic mass is 10.1. The monoisotopic (exact) mass is 290 g/mol. The molecule has 0 aromatic heterocycles. The van der Waals surface area contributed by atoms with E-state index in [1.165, 1.54) is 11.1 Å². The molecule has 116 valence electrons. The first-order chi connectivity index (χ1) is 10.1. The van der Waals surface area contributed by atoms with Crippen LogP contribution in [0.2, 0.25) is 0 Å². The Morgan fingerprint density at radius 1 is 1.43 bits per heavy atom. The van der Waals surface area contributed by atoms with Gasteiger partial charge in [-0.05, 0) is 39.3 Å². The molecule has 0 aliphatic carbocycles. The summed E-state index contributed by atoms with van der Waals surface area (Å²) in [6, 6.07) is 8.69. The molecule has 1 aliphatic rings. The van der Waals surface area contributed by atoms with Crippen molar-refractivity contribution in [1.29, 1.82) is 0 Å². The minimum absolute atomic E-state index is 0.0620. The molecule has 0 unspecified atom stereocenters. The van der Waals surface area contributed by atoms with Crippen molar-refractivity contribution in [3.8, 4) is 0 Å². The second-order valence-corrected chi connectivity index (χ2v) is 5.94. The van der Waals surface area contributed by atoms with Gasteiger partial charge in [-0.25, -0.2) is 0 Å². The number of hydrogen-bond acceptors (Lipinski definition) is 3. The molecule has 1 fully saturated rings. The molecule has 2 rings (SSSR count). The summed E-state index contributed by atoms with van der Waals surface area (Å²) < 4.78 is 5.51. The number of nitrogens with one attached hydrogen (secondary N) is 1. The summed E-state index contributed by atoms with van der Waals surface area (Å²) in [6.45, 7) is 6.06. The van der Waals surface area contributed by atoms with E-state index in [-0.39, 0.29) is 18.1 Å². The number of benzene rings is 1. The Morgan fingerprint density at radius 3 is 2.76 bits per heavy atom. The highest BCUT2D eigenvalue weighted by Crippen LogP contribution is 2.18. The fourth-order valence-corrected chi connectivity index (χ4v) is 2.55. The molecule has 1 amide bonds. The highest BCUT2D eigenvalue weighted by molar-refractivity contribution is 5.78. The highest BCUT2D eigenvalue weighted by Gasteiger charge is 2.18. The smallest absolute Gasteiger partial charge is 0.234 e. The molecule has 4 nitrogen and oxygen atoms in total. The number of carbonyl (C=O) groups excluding carboxylic acids is 1. The van der Waals surface area contributed by atoms with E-state index in [0.29, 0.717) is 13.1 Å². The van der Waals surface area contributed by atoms with Crippen LogP contribution in [0.1, 0.15) is 36.9 Å². The van der Waals surface area contributed by atoms with Gasteiger partial charge in [-0.1, -0.05) is 29.8 Å². The maximum Gasteiger partial charge on any atom is 0.234 e. The quantitative estimate of drug-likeness (QED) is 0.874. The van der Waals surface area contributed by atoms with Crippen LogP contribution < -0.4 is 5.32 Å². The van der Waals surface area contributed by atoms with Crippen molar-refractivity contribution in [3.05, 3.63) is 35.4 Å². The van der Waals surface area contributed by atoms with Crippen molar-refractivity contribution in [3.63, 3.8) is 0 Å². The van der Waals surface area contributed by atoms with E-state index in [1.807, 2.05) is 7.05 Å². The average molecular weight is 290 g/mol. The molecule has 1 aliphatic heterocycles. The number of likely N-dealkylation sites (N-methyl/N-ethyl adjacent to an activating group) is 1. The SMILES string of the molecule is Cc1ccc([C@@H](C)N(C)CC(=O)NC[C@@H]2CCCO2)cc1. The molecule has 2 atom stereocenters. The molecular formula is C17H26N2O2. The molecule has 1 saturated heterocycles. The van der Waals surface area contributed by atoms with Crippen LogP contribution in [0.15, 0.2) is 24.3 Å². The Morgan fingerprint density at radius 2 is 2.14 bits per heavy atom. The van der Waals surface area contributed by atoms with Gasteiger partial charge in [0.05, 0.1) is 12.6 Å². The molecule has 1 heterocycles. The summed E-state index contributed by atoms with van der Waals surface area (Å²) in [7, 11) is 1.98. The number of ether oxygens (including phenoxy) is 1. The predicted molar refractivity (Wildman–Crippen MR) is 84.2 cm³/mol. The number of nitrogens with zero attached hydrogens (tertiary/aromatic N) is 1. The van der Waals surface area contributed by atoms with E-state index >= 15 is 0 Å². The van der Waals surface area contributed by atoms with Gasteiger partial charge in [-0.15, -0.1) is 0 Å². The molecule has 0 spiro atoms. The number of aryl methyl sites for hydroxylation is 1. The maximum atomic E-state index is 12.0. The van der Waals surface area contributed by atoms with E-state index < -0.39 is 0 Å². The normalized spacial score (nSPS) is 19.7. The summed E-state index contributed by atoms with van der Waals surface area (Å²) in [5.41, 5.74) is 2.48. The molecule has 1 aromatic carbocycles. The minimum atomic E-state index is 0.0620. The molecule has 0 radical (unpaired) electrons. The molecule has 0 saturated carbocycles. The number of carbonyl (C=O) groups is 1. The van der Waals surface area contributed by atoms with Crippen LogP contribution in [0.3, 0.4) is 0 Å². The first-order valence-electron chi connectivity index (χ1n) is 7.71. The third-order valence-electron chi connectivity index (χ3n) is 4.16. The van der Waals surface area contributed by atoms with Crippen LogP contribution in [-0.4, -0.2) is 43.7 Å². The maximum absolute atomic E-state index is 12.0. The van der Waals surface area contributed by atoms with E-state index in [9.17, 15) is 4.79 Å².